The number of para-hydroxylation sites is 1. The molecule has 0 radical (unpaired) electrons. The van der Waals surface area contributed by atoms with Gasteiger partial charge in [0.1, 0.15) is 0 Å². The van der Waals surface area contributed by atoms with Crippen molar-refractivity contribution >= 4 is 5.71 Å². The van der Waals surface area contributed by atoms with Crippen LogP contribution in [-0.2, 0) is 0 Å². The highest BCUT2D eigenvalue weighted by molar-refractivity contribution is 5.96. The minimum absolute atomic E-state index is 0.0689. The summed E-state index contributed by atoms with van der Waals surface area (Å²) < 4.78 is 0. The van der Waals surface area contributed by atoms with Gasteiger partial charge in [-0.15, -0.1) is 0 Å². The Morgan fingerprint density at radius 1 is 1.00 bits per heavy atom. The smallest absolute Gasteiger partial charge is 0.157 e. The summed E-state index contributed by atoms with van der Waals surface area (Å²) in [5.41, 5.74) is 2.90. The molecular weight excluding hydrogens is 334 g/mol. The van der Waals surface area contributed by atoms with Crippen LogP contribution in [0, 0.1) is 29.1 Å². The maximum Gasteiger partial charge on any atom is 0.157 e. The molecule has 6 atom stereocenters. The van der Waals surface area contributed by atoms with Gasteiger partial charge < -0.3 is 9.94 Å². The first kappa shape index (κ1) is 17.5. The predicted octanol–water partition coefficient (Wildman–Crippen LogP) is 5.36. The van der Waals surface area contributed by atoms with Crippen molar-refractivity contribution in [2.24, 2.45) is 34.2 Å². The normalized spacial score (nSPS) is 42.1. The molecular formula is C24H31NO2. The summed E-state index contributed by atoms with van der Waals surface area (Å²) in [6.07, 6.45) is 11.8. The van der Waals surface area contributed by atoms with E-state index in [0.29, 0.717) is 0 Å². The molecule has 1 aromatic carbocycles. The van der Waals surface area contributed by atoms with Crippen molar-refractivity contribution in [1.82, 2.24) is 0 Å². The van der Waals surface area contributed by atoms with Crippen LogP contribution in [0.4, 0.5) is 0 Å². The molecule has 4 aliphatic rings. The van der Waals surface area contributed by atoms with E-state index in [1.807, 2.05) is 30.3 Å². The number of rotatable bonds is 2. The van der Waals surface area contributed by atoms with Crippen LogP contribution in [-0.4, -0.2) is 16.9 Å². The van der Waals surface area contributed by atoms with Crippen LogP contribution < -0.4 is 4.84 Å². The van der Waals surface area contributed by atoms with Crippen LogP contribution in [0.25, 0.3) is 0 Å². The highest BCUT2D eigenvalue weighted by atomic mass is 16.6. The lowest BCUT2D eigenvalue weighted by Gasteiger charge is -2.53. The van der Waals surface area contributed by atoms with Crippen LogP contribution >= 0.6 is 0 Å². The quantitative estimate of drug-likeness (QED) is 0.717. The minimum Gasteiger partial charge on any atom is -0.393 e. The number of nitrogens with zero attached hydrogens (tertiary/aromatic N) is 1. The summed E-state index contributed by atoms with van der Waals surface area (Å²) >= 11 is 0. The second-order valence-corrected chi connectivity index (χ2v) is 9.46. The third-order valence-corrected chi connectivity index (χ3v) is 8.28. The van der Waals surface area contributed by atoms with Gasteiger partial charge in [0.2, 0.25) is 0 Å². The molecule has 27 heavy (non-hydrogen) atoms. The molecule has 0 bridgehead atoms. The summed E-state index contributed by atoms with van der Waals surface area (Å²) in [4.78, 5) is 5.63. The zero-order chi connectivity index (χ0) is 18.4. The SMILES string of the molecule is CC12CCC3C4CCC(=NOc5ccccc5)C=C4CCC3C1CCC2O. The van der Waals surface area contributed by atoms with E-state index in [4.69, 9.17) is 4.84 Å². The second kappa shape index (κ2) is 6.77. The lowest BCUT2D eigenvalue weighted by Crippen LogP contribution is -2.47. The van der Waals surface area contributed by atoms with Crippen molar-refractivity contribution in [3.05, 3.63) is 42.0 Å². The second-order valence-electron chi connectivity index (χ2n) is 9.46. The van der Waals surface area contributed by atoms with Crippen molar-refractivity contribution < 1.29 is 9.94 Å². The van der Waals surface area contributed by atoms with Gasteiger partial charge in [0.05, 0.1) is 11.8 Å². The highest BCUT2D eigenvalue weighted by Gasteiger charge is 2.55. The van der Waals surface area contributed by atoms with Gasteiger partial charge in [-0.1, -0.05) is 35.9 Å². The molecule has 0 saturated heterocycles. The number of oxime groups is 1. The Kier molecular flexibility index (Phi) is 4.39. The summed E-state index contributed by atoms with van der Waals surface area (Å²) in [6, 6.07) is 9.84. The zero-order valence-corrected chi connectivity index (χ0v) is 16.3. The van der Waals surface area contributed by atoms with Crippen LogP contribution in [0.3, 0.4) is 0 Å². The number of allylic oxidation sites excluding steroid dienone is 2. The third-order valence-electron chi connectivity index (χ3n) is 8.28. The topological polar surface area (TPSA) is 41.8 Å². The highest BCUT2D eigenvalue weighted by Crippen LogP contribution is 2.61. The molecule has 4 aliphatic carbocycles. The van der Waals surface area contributed by atoms with Gasteiger partial charge in [-0.2, -0.15) is 0 Å². The minimum atomic E-state index is -0.0689. The summed E-state index contributed by atoms with van der Waals surface area (Å²) in [5, 5.41) is 15.0. The number of hydrogen-bond donors (Lipinski definition) is 1. The number of benzene rings is 1. The number of fused-ring (bicyclic) bond motifs is 5. The number of hydrogen-bond acceptors (Lipinski definition) is 3. The van der Waals surface area contributed by atoms with E-state index in [1.165, 1.54) is 38.5 Å². The molecule has 3 heteroatoms. The first-order valence-electron chi connectivity index (χ1n) is 10.8. The summed E-state index contributed by atoms with van der Waals surface area (Å²) in [5.74, 6) is 3.93. The number of aliphatic hydroxyl groups excluding tert-OH is 1. The molecule has 3 fully saturated rings. The first-order chi connectivity index (χ1) is 13.1. The summed E-state index contributed by atoms with van der Waals surface area (Å²) in [7, 11) is 0. The molecule has 0 aliphatic heterocycles. The fraction of sp³-hybridized carbons (Fsp3) is 0.625. The van der Waals surface area contributed by atoms with Gasteiger partial charge in [-0.05, 0) is 98.7 Å². The molecule has 144 valence electrons. The molecule has 6 unspecified atom stereocenters. The molecule has 0 heterocycles. The lowest BCUT2D eigenvalue weighted by molar-refractivity contribution is -0.0526. The molecule has 0 spiro atoms. The average molecular weight is 366 g/mol. The zero-order valence-electron chi connectivity index (χ0n) is 16.3. The van der Waals surface area contributed by atoms with Crippen LogP contribution in [0.15, 0.2) is 47.1 Å². The third kappa shape index (κ3) is 2.95. The van der Waals surface area contributed by atoms with Crippen LogP contribution in [0.2, 0.25) is 0 Å². The molecule has 0 amide bonds. The summed E-state index contributed by atoms with van der Waals surface area (Å²) in [6.45, 7) is 2.36. The molecule has 1 N–H and O–H groups in total. The Bertz CT molecular complexity index is 755. The largest absolute Gasteiger partial charge is 0.393 e. The monoisotopic (exact) mass is 365 g/mol. The van der Waals surface area contributed by atoms with Gasteiger partial charge in [-0.3, -0.25) is 0 Å². The van der Waals surface area contributed by atoms with E-state index in [0.717, 1.165) is 48.0 Å². The molecule has 5 rings (SSSR count). The van der Waals surface area contributed by atoms with Crippen molar-refractivity contribution in [2.45, 2.75) is 64.4 Å². The van der Waals surface area contributed by atoms with Gasteiger partial charge in [0.15, 0.2) is 5.75 Å². The van der Waals surface area contributed by atoms with Gasteiger partial charge >= 0.3 is 0 Å². The maximum absolute atomic E-state index is 10.6. The van der Waals surface area contributed by atoms with Crippen molar-refractivity contribution in [3.8, 4) is 5.75 Å². The van der Waals surface area contributed by atoms with Gasteiger partial charge in [-0.25, -0.2) is 0 Å². The first-order valence-corrected chi connectivity index (χ1v) is 10.8. The van der Waals surface area contributed by atoms with E-state index in [1.54, 1.807) is 5.57 Å². The fourth-order valence-corrected chi connectivity index (χ4v) is 6.83. The molecule has 3 nitrogen and oxygen atoms in total. The number of aliphatic hydroxyl groups is 1. The standard InChI is InChI=1S/C24H31NO2/c1-24-14-13-20-19-10-8-17(25-27-18-5-3-2-4-6-18)15-16(19)7-9-21(20)22(24)11-12-23(24)26/h2-6,15,19-23,26H,7-14H2,1H3. The van der Waals surface area contributed by atoms with Gasteiger partial charge in [0, 0.05) is 0 Å². The average Bonchev–Trinajstić information content (AvgIpc) is 3.01. The predicted molar refractivity (Wildman–Crippen MR) is 108 cm³/mol. The van der Waals surface area contributed by atoms with E-state index >= 15 is 0 Å². The van der Waals surface area contributed by atoms with Crippen LogP contribution in [0.1, 0.15) is 58.3 Å². The molecule has 1 aromatic rings. The van der Waals surface area contributed by atoms with Gasteiger partial charge in [0.25, 0.3) is 0 Å². The van der Waals surface area contributed by atoms with Crippen molar-refractivity contribution in [2.75, 3.05) is 0 Å². The van der Waals surface area contributed by atoms with Crippen LogP contribution in [0.5, 0.6) is 5.75 Å². The Hall–Kier alpha value is -1.61. The Labute approximate surface area is 162 Å². The fourth-order valence-electron chi connectivity index (χ4n) is 6.83. The van der Waals surface area contributed by atoms with E-state index in [2.05, 4.69) is 18.2 Å². The lowest BCUT2D eigenvalue weighted by atomic mass is 9.52. The molecule has 0 aromatic heterocycles. The Morgan fingerprint density at radius 3 is 2.70 bits per heavy atom. The Morgan fingerprint density at radius 2 is 1.85 bits per heavy atom. The molecule has 3 saturated carbocycles. The Balaban J connectivity index is 1.32. The van der Waals surface area contributed by atoms with E-state index < -0.39 is 0 Å². The van der Waals surface area contributed by atoms with Crippen molar-refractivity contribution in [1.29, 1.82) is 0 Å². The van der Waals surface area contributed by atoms with Crippen molar-refractivity contribution in [3.63, 3.8) is 0 Å². The van der Waals surface area contributed by atoms with E-state index in [9.17, 15) is 5.11 Å². The maximum atomic E-state index is 10.6. The van der Waals surface area contributed by atoms with E-state index in [-0.39, 0.29) is 11.5 Å².